The van der Waals surface area contributed by atoms with E-state index in [1.807, 2.05) is 0 Å². The molecule has 2 heteroatoms. The summed E-state index contributed by atoms with van der Waals surface area (Å²) in [5.41, 5.74) is 6.31. The summed E-state index contributed by atoms with van der Waals surface area (Å²) < 4.78 is 2.22. The minimum atomic E-state index is 0.980. The van der Waals surface area contributed by atoms with Crippen molar-refractivity contribution in [2.24, 2.45) is 7.05 Å². The summed E-state index contributed by atoms with van der Waals surface area (Å²) in [7, 11) is 2.11. The molecule has 1 aromatic heterocycles. The van der Waals surface area contributed by atoms with E-state index in [-0.39, 0.29) is 0 Å². The molecular formula is C18H20N2. The molecule has 0 spiro atoms. The average molecular weight is 264 g/mol. The molecule has 2 aromatic carbocycles. The fourth-order valence-corrected chi connectivity index (χ4v) is 2.70. The van der Waals surface area contributed by atoms with Gasteiger partial charge in [0.25, 0.3) is 0 Å². The third kappa shape index (κ3) is 2.46. The van der Waals surface area contributed by atoms with Crippen molar-refractivity contribution in [1.82, 2.24) is 9.55 Å². The first-order chi connectivity index (χ1) is 9.63. The highest BCUT2D eigenvalue weighted by Gasteiger charge is 2.07. The molecule has 0 aliphatic rings. The highest BCUT2D eigenvalue weighted by atomic mass is 15.1. The van der Waals surface area contributed by atoms with Gasteiger partial charge >= 0.3 is 0 Å². The van der Waals surface area contributed by atoms with Crippen LogP contribution in [0.25, 0.3) is 11.0 Å². The van der Waals surface area contributed by atoms with Gasteiger partial charge in [-0.15, -0.1) is 0 Å². The molecule has 0 aliphatic carbocycles. The number of fused-ring (bicyclic) bond motifs is 1. The molecule has 0 unspecified atom stereocenters. The van der Waals surface area contributed by atoms with Crippen LogP contribution in [0.1, 0.15) is 22.5 Å². The number of aryl methyl sites for hydroxylation is 5. The zero-order valence-corrected chi connectivity index (χ0v) is 12.4. The van der Waals surface area contributed by atoms with Crippen molar-refractivity contribution < 1.29 is 0 Å². The third-order valence-corrected chi connectivity index (χ3v) is 3.85. The van der Waals surface area contributed by atoms with E-state index in [2.05, 4.69) is 67.9 Å². The van der Waals surface area contributed by atoms with Crippen molar-refractivity contribution in [3.05, 3.63) is 65.0 Å². The molecule has 0 N–H and O–H groups in total. The van der Waals surface area contributed by atoms with E-state index in [1.54, 1.807) is 0 Å². The zero-order chi connectivity index (χ0) is 14.1. The Labute approximate surface area is 120 Å². The average Bonchev–Trinajstić information content (AvgIpc) is 2.73. The Morgan fingerprint density at radius 1 is 0.950 bits per heavy atom. The maximum absolute atomic E-state index is 4.75. The van der Waals surface area contributed by atoms with Crippen LogP contribution in [0.3, 0.4) is 0 Å². The van der Waals surface area contributed by atoms with Crippen LogP contribution in [0, 0.1) is 13.8 Å². The molecule has 0 bridgehead atoms. The van der Waals surface area contributed by atoms with Gasteiger partial charge in [-0.2, -0.15) is 0 Å². The molecule has 0 aliphatic heterocycles. The molecule has 0 saturated heterocycles. The second kappa shape index (κ2) is 5.12. The van der Waals surface area contributed by atoms with Crippen LogP contribution in [0.4, 0.5) is 0 Å². The lowest BCUT2D eigenvalue weighted by Crippen LogP contribution is -2.00. The zero-order valence-electron chi connectivity index (χ0n) is 12.4. The normalized spacial score (nSPS) is 11.2. The summed E-state index contributed by atoms with van der Waals surface area (Å²) in [6.45, 7) is 4.26. The van der Waals surface area contributed by atoms with Gasteiger partial charge < -0.3 is 4.57 Å². The lowest BCUT2D eigenvalue weighted by molar-refractivity contribution is 0.786. The lowest BCUT2D eigenvalue weighted by Gasteiger charge is -2.04. The molecule has 20 heavy (non-hydrogen) atoms. The Morgan fingerprint density at radius 3 is 2.55 bits per heavy atom. The summed E-state index contributed by atoms with van der Waals surface area (Å²) in [4.78, 5) is 4.75. The Bertz CT molecular complexity index is 753. The monoisotopic (exact) mass is 264 g/mol. The predicted molar refractivity (Wildman–Crippen MR) is 84.0 cm³/mol. The van der Waals surface area contributed by atoms with E-state index < -0.39 is 0 Å². The number of hydrogen-bond acceptors (Lipinski definition) is 1. The van der Waals surface area contributed by atoms with E-state index in [0.717, 1.165) is 24.2 Å². The summed E-state index contributed by atoms with van der Waals surface area (Å²) in [6.07, 6.45) is 2.02. The van der Waals surface area contributed by atoms with Gasteiger partial charge in [0.1, 0.15) is 5.82 Å². The molecule has 0 radical (unpaired) electrons. The van der Waals surface area contributed by atoms with E-state index in [9.17, 15) is 0 Å². The van der Waals surface area contributed by atoms with Gasteiger partial charge in [-0.3, -0.25) is 0 Å². The number of rotatable bonds is 3. The summed E-state index contributed by atoms with van der Waals surface area (Å²) in [6, 6.07) is 15.2. The Hall–Kier alpha value is -2.09. The third-order valence-electron chi connectivity index (χ3n) is 3.85. The van der Waals surface area contributed by atoms with E-state index in [4.69, 9.17) is 4.98 Å². The highest BCUT2D eigenvalue weighted by Crippen LogP contribution is 2.18. The Morgan fingerprint density at radius 2 is 1.75 bits per heavy atom. The number of benzene rings is 2. The summed E-state index contributed by atoms with van der Waals surface area (Å²) >= 11 is 0. The summed E-state index contributed by atoms with van der Waals surface area (Å²) in [5, 5.41) is 0. The summed E-state index contributed by atoms with van der Waals surface area (Å²) in [5.74, 6) is 1.16. The first kappa shape index (κ1) is 12.9. The number of hydrogen-bond donors (Lipinski definition) is 0. The van der Waals surface area contributed by atoms with Crippen LogP contribution >= 0.6 is 0 Å². The standard InChI is InChI=1S/C18H20N2/c1-13-5-4-6-15(11-13)8-10-18-19-16-9-7-14(2)12-17(16)20(18)3/h4-7,9,11-12H,8,10H2,1-3H3. The SMILES string of the molecule is Cc1cccc(CCc2nc3ccc(C)cc3n2C)c1. The van der Waals surface area contributed by atoms with Crippen LogP contribution in [-0.2, 0) is 19.9 Å². The second-order valence-electron chi connectivity index (χ2n) is 5.57. The van der Waals surface area contributed by atoms with Gasteiger partial charge in [-0.25, -0.2) is 4.98 Å². The van der Waals surface area contributed by atoms with Crippen molar-refractivity contribution in [2.75, 3.05) is 0 Å². The maximum Gasteiger partial charge on any atom is 0.109 e. The smallest absolute Gasteiger partial charge is 0.109 e. The van der Waals surface area contributed by atoms with Crippen molar-refractivity contribution in [3.8, 4) is 0 Å². The minimum Gasteiger partial charge on any atom is -0.331 e. The molecule has 0 atom stereocenters. The van der Waals surface area contributed by atoms with Crippen molar-refractivity contribution in [1.29, 1.82) is 0 Å². The number of imidazole rings is 1. The largest absolute Gasteiger partial charge is 0.331 e. The van der Waals surface area contributed by atoms with Gasteiger partial charge in [-0.05, 0) is 43.5 Å². The van der Waals surface area contributed by atoms with Gasteiger partial charge in [0.15, 0.2) is 0 Å². The quantitative estimate of drug-likeness (QED) is 0.699. The predicted octanol–water partition coefficient (Wildman–Crippen LogP) is 3.98. The maximum atomic E-state index is 4.75. The topological polar surface area (TPSA) is 17.8 Å². The second-order valence-corrected chi connectivity index (χ2v) is 5.57. The van der Waals surface area contributed by atoms with Gasteiger partial charge in [0.05, 0.1) is 11.0 Å². The van der Waals surface area contributed by atoms with Crippen LogP contribution in [0.2, 0.25) is 0 Å². The lowest BCUT2D eigenvalue weighted by atomic mass is 10.1. The molecule has 0 amide bonds. The first-order valence-corrected chi connectivity index (χ1v) is 7.11. The molecule has 3 rings (SSSR count). The molecule has 3 aromatic rings. The molecule has 2 nitrogen and oxygen atoms in total. The van der Waals surface area contributed by atoms with Crippen LogP contribution in [0.5, 0.6) is 0 Å². The molecular weight excluding hydrogens is 244 g/mol. The van der Waals surface area contributed by atoms with E-state index >= 15 is 0 Å². The fourth-order valence-electron chi connectivity index (χ4n) is 2.70. The number of aromatic nitrogens is 2. The van der Waals surface area contributed by atoms with Gasteiger partial charge in [0, 0.05) is 13.5 Å². The van der Waals surface area contributed by atoms with E-state index in [0.29, 0.717) is 0 Å². The van der Waals surface area contributed by atoms with Crippen molar-refractivity contribution in [2.45, 2.75) is 26.7 Å². The van der Waals surface area contributed by atoms with Crippen LogP contribution in [-0.4, -0.2) is 9.55 Å². The van der Waals surface area contributed by atoms with Crippen molar-refractivity contribution in [3.63, 3.8) is 0 Å². The van der Waals surface area contributed by atoms with Crippen molar-refractivity contribution >= 4 is 11.0 Å². The Balaban J connectivity index is 1.86. The first-order valence-electron chi connectivity index (χ1n) is 7.11. The minimum absolute atomic E-state index is 0.980. The molecule has 102 valence electrons. The van der Waals surface area contributed by atoms with Gasteiger partial charge in [-0.1, -0.05) is 35.9 Å². The van der Waals surface area contributed by atoms with Crippen LogP contribution < -0.4 is 0 Å². The van der Waals surface area contributed by atoms with E-state index in [1.165, 1.54) is 22.2 Å². The molecule has 1 heterocycles. The van der Waals surface area contributed by atoms with Crippen LogP contribution in [0.15, 0.2) is 42.5 Å². The Kier molecular flexibility index (Phi) is 3.31. The fraction of sp³-hybridized carbons (Fsp3) is 0.278. The highest BCUT2D eigenvalue weighted by molar-refractivity contribution is 5.76. The van der Waals surface area contributed by atoms with Gasteiger partial charge in [0.2, 0.25) is 0 Å². The molecule has 0 fully saturated rings. The number of nitrogens with zero attached hydrogens (tertiary/aromatic N) is 2. The molecule has 0 saturated carbocycles.